The number of carbonyl (C=O) groups is 1. The number of hydrogen-bond donors (Lipinski definition) is 0. The molecule has 1 unspecified atom stereocenters. The zero-order chi connectivity index (χ0) is 28.7. The maximum absolute atomic E-state index is 12.3. The van der Waals surface area contributed by atoms with Gasteiger partial charge in [-0.3, -0.25) is 4.79 Å². The number of aromatic nitrogens is 2. The van der Waals surface area contributed by atoms with Crippen molar-refractivity contribution in [2.24, 2.45) is 5.92 Å². The number of rotatable bonds is 7. The zero-order valence-corrected chi connectivity index (χ0v) is 25.2. The van der Waals surface area contributed by atoms with Crippen LogP contribution < -0.4 is 19.4 Å². The van der Waals surface area contributed by atoms with Crippen molar-refractivity contribution in [3.05, 3.63) is 47.7 Å². The highest BCUT2D eigenvalue weighted by molar-refractivity contribution is 5.87. The third kappa shape index (κ3) is 5.25. The molecule has 0 radical (unpaired) electrons. The second-order valence-corrected chi connectivity index (χ2v) is 12.4. The largest absolute Gasteiger partial charge is 0.462 e. The molecule has 9 nitrogen and oxygen atoms in total. The molecular weight excluding hydrogens is 514 g/mol. The fraction of sp³-hybridized carbons (Fsp3) is 0.594. The Morgan fingerprint density at radius 1 is 1.10 bits per heavy atom. The third-order valence-corrected chi connectivity index (χ3v) is 9.44. The van der Waals surface area contributed by atoms with Crippen molar-refractivity contribution in [1.29, 1.82) is 0 Å². The van der Waals surface area contributed by atoms with Crippen molar-refractivity contribution in [2.45, 2.75) is 58.2 Å². The van der Waals surface area contributed by atoms with Gasteiger partial charge in [-0.2, -0.15) is 9.97 Å². The number of fused-ring (bicyclic) bond motifs is 2. The number of aryl methyl sites for hydroxylation is 1. The summed E-state index contributed by atoms with van der Waals surface area (Å²) in [6.07, 6.45) is 6.06. The molecule has 9 heteroatoms. The number of hydrogen-bond acceptors (Lipinski definition) is 8. The third-order valence-electron chi connectivity index (χ3n) is 9.44. The number of para-hydroxylation sites is 1. The van der Waals surface area contributed by atoms with Gasteiger partial charge in [0.1, 0.15) is 12.4 Å². The number of piperazine rings is 1. The van der Waals surface area contributed by atoms with Crippen LogP contribution in [0.1, 0.15) is 56.0 Å². The van der Waals surface area contributed by atoms with E-state index in [4.69, 9.17) is 14.7 Å². The van der Waals surface area contributed by atoms with Crippen LogP contribution in [-0.2, 0) is 17.8 Å². The lowest BCUT2D eigenvalue weighted by Crippen LogP contribution is -2.49. The van der Waals surface area contributed by atoms with Crippen molar-refractivity contribution < 1.29 is 9.53 Å². The molecule has 4 aliphatic rings. The number of ether oxygens (including phenoxy) is 1. The van der Waals surface area contributed by atoms with Gasteiger partial charge in [-0.15, -0.1) is 0 Å². The summed E-state index contributed by atoms with van der Waals surface area (Å²) in [6.45, 7) is 14.5. The van der Waals surface area contributed by atoms with E-state index in [9.17, 15) is 4.79 Å². The summed E-state index contributed by atoms with van der Waals surface area (Å²) in [5.74, 6) is 1.31. The van der Waals surface area contributed by atoms with E-state index >= 15 is 0 Å². The molecule has 0 N–H and O–H groups in total. The lowest BCUT2D eigenvalue weighted by atomic mass is 9.95. The Kier molecular flexibility index (Phi) is 7.81. The zero-order valence-electron chi connectivity index (χ0n) is 25.2. The quantitative estimate of drug-likeness (QED) is 0.474. The number of nitrogens with zero attached hydrogens (tertiary/aromatic N) is 7. The van der Waals surface area contributed by atoms with E-state index in [1.807, 2.05) is 4.90 Å². The average Bonchev–Trinajstić information content (AvgIpc) is 3.58. The standard InChI is InChI=1S/C32H45N7O2/c1-6-27(40)37-16-18-38(19-17-37)31-28-25(33-32(34-31)41-21-24-12-9-14-35(24)4)20-39(29(28)22(2)3)26-13-7-10-23-11-8-15-36(5)30(23)26/h6-7,10,13,22,24,29H,1,8-9,11-12,14-21H2,2-5H3/t24?,29-/m0/s1. The molecule has 6 rings (SSSR count). The number of benzene rings is 1. The van der Waals surface area contributed by atoms with Crippen molar-refractivity contribution in [3.63, 3.8) is 0 Å². The minimum Gasteiger partial charge on any atom is -0.462 e. The highest BCUT2D eigenvalue weighted by atomic mass is 16.5. The molecule has 1 amide bonds. The summed E-state index contributed by atoms with van der Waals surface area (Å²) in [4.78, 5) is 34.1. The van der Waals surface area contributed by atoms with E-state index in [0.717, 1.165) is 57.1 Å². The number of likely N-dealkylation sites (tertiary alicyclic amines) is 1. The molecule has 0 saturated carbocycles. The number of anilines is 3. The lowest BCUT2D eigenvalue weighted by molar-refractivity contribution is -0.126. The second-order valence-electron chi connectivity index (χ2n) is 12.4. The van der Waals surface area contributed by atoms with Crippen molar-refractivity contribution in [1.82, 2.24) is 19.8 Å². The van der Waals surface area contributed by atoms with Crippen LogP contribution in [-0.4, -0.2) is 91.7 Å². The van der Waals surface area contributed by atoms with Gasteiger partial charge in [0, 0.05) is 51.4 Å². The summed E-state index contributed by atoms with van der Waals surface area (Å²) in [5, 5.41) is 0. The fourth-order valence-corrected chi connectivity index (χ4v) is 7.25. The van der Waals surface area contributed by atoms with E-state index in [2.05, 4.69) is 72.3 Å². The molecule has 2 aromatic rings. The van der Waals surface area contributed by atoms with E-state index in [1.54, 1.807) is 0 Å². The second kappa shape index (κ2) is 11.5. The van der Waals surface area contributed by atoms with Gasteiger partial charge in [0.05, 0.1) is 29.7 Å². The van der Waals surface area contributed by atoms with Crippen LogP contribution in [0.4, 0.5) is 17.2 Å². The smallest absolute Gasteiger partial charge is 0.318 e. The van der Waals surface area contributed by atoms with Crippen molar-refractivity contribution in [2.75, 3.05) is 74.7 Å². The molecule has 220 valence electrons. The molecule has 0 aliphatic carbocycles. The lowest BCUT2D eigenvalue weighted by Gasteiger charge is -2.38. The van der Waals surface area contributed by atoms with E-state index in [-0.39, 0.29) is 11.9 Å². The maximum atomic E-state index is 12.3. The van der Waals surface area contributed by atoms with Crippen LogP contribution in [0, 0.1) is 5.92 Å². The minimum absolute atomic E-state index is 0.00789. The van der Waals surface area contributed by atoms with Gasteiger partial charge in [-0.25, -0.2) is 0 Å². The van der Waals surface area contributed by atoms with Crippen LogP contribution in [0.2, 0.25) is 0 Å². The molecule has 0 bridgehead atoms. The Morgan fingerprint density at radius 2 is 1.90 bits per heavy atom. The van der Waals surface area contributed by atoms with Gasteiger partial charge in [0.15, 0.2) is 0 Å². The van der Waals surface area contributed by atoms with Crippen LogP contribution in [0.5, 0.6) is 6.01 Å². The fourth-order valence-electron chi connectivity index (χ4n) is 7.25. The average molecular weight is 560 g/mol. The Balaban J connectivity index is 1.38. The Hall–Kier alpha value is -3.33. The molecule has 5 heterocycles. The molecule has 2 saturated heterocycles. The molecular formula is C32H45N7O2. The summed E-state index contributed by atoms with van der Waals surface area (Å²) in [5.41, 5.74) is 6.33. The Morgan fingerprint density at radius 3 is 2.61 bits per heavy atom. The summed E-state index contributed by atoms with van der Waals surface area (Å²) in [7, 11) is 4.39. The predicted octanol–water partition coefficient (Wildman–Crippen LogP) is 3.88. The summed E-state index contributed by atoms with van der Waals surface area (Å²) < 4.78 is 6.34. The molecule has 4 aliphatic heterocycles. The van der Waals surface area contributed by atoms with Gasteiger partial charge in [-0.1, -0.05) is 32.6 Å². The van der Waals surface area contributed by atoms with Gasteiger partial charge in [0.2, 0.25) is 5.91 Å². The van der Waals surface area contributed by atoms with Gasteiger partial charge < -0.3 is 29.2 Å². The molecule has 0 spiro atoms. The molecule has 2 fully saturated rings. The maximum Gasteiger partial charge on any atom is 0.318 e. The Labute approximate surface area is 244 Å². The topological polar surface area (TPSA) is 68.3 Å². The van der Waals surface area contributed by atoms with E-state index < -0.39 is 0 Å². The first kappa shape index (κ1) is 27.8. The van der Waals surface area contributed by atoms with Crippen LogP contribution in [0.3, 0.4) is 0 Å². The first-order chi connectivity index (χ1) is 19.9. The number of amides is 1. The van der Waals surface area contributed by atoms with Gasteiger partial charge >= 0.3 is 6.01 Å². The van der Waals surface area contributed by atoms with Crippen molar-refractivity contribution in [3.8, 4) is 6.01 Å². The monoisotopic (exact) mass is 559 g/mol. The number of carbonyl (C=O) groups excluding carboxylic acids is 1. The first-order valence-corrected chi connectivity index (χ1v) is 15.4. The molecule has 41 heavy (non-hydrogen) atoms. The Bertz CT molecular complexity index is 1290. The normalized spacial score (nSPS) is 22.8. The van der Waals surface area contributed by atoms with Crippen LogP contribution in [0.25, 0.3) is 0 Å². The molecule has 1 aromatic heterocycles. The molecule has 2 atom stereocenters. The highest BCUT2D eigenvalue weighted by Crippen LogP contribution is 2.49. The van der Waals surface area contributed by atoms with Crippen molar-refractivity contribution >= 4 is 23.1 Å². The summed E-state index contributed by atoms with van der Waals surface area (Å²) in [6, 6.07) is 7.79. The molecule has 1 aromatic carbocycles. The highest BCUT2D eigenvalue weighted by Gasteiger charge is 2.40. The van der Waals surface area contributed by atoms with Crippen LogP contribution >= 0.6 is 0 Å². The minimum atomic E-state index is -0.00789. The SMILES string of the molecule is C=CC(=O)N1CCN(c2nc(OCC3CCCN3C)nc3c2[C@H](C(C)C)N(c2cccc4c2N(C)CCC4)C3)CC1. The number of likely N-dealkylation sites (N-methyl/N-ethyl adjacent to an activating group) is 1. The van der Waals surface area contributed by atoms with Crippen LogP contribution in [0.15, 0.2) is 30.9 Å². The summed E-state index contributed by atoms with van der Waals surface area (Å²) >= 11 is 0. The first-order valence-electron chi connectivity index (χ1n) is 15.4. The van der Waals surface area contributed by atoms with E-state index in [0.29, 0.717) is 37.7 Å². The predicted molar refractivity (Wildman–Crippen MR) is 164 cm³/mol. The van der Waals surface area contributed by atoms with E-state index in [1.165, 1.54) is 41.4 Å². The van der Waals surface area contributed by atoms with Gasteiger partial charge in [-0.05, 0) is 62.9 Å². The van der Waals surface area contributed by atoms with Gasteiger partial charge in [0.25, 0.3) is 0 Å².